The van der Waals surface area contributed by atoms with Crippen molar-refractivity contribution in [2.24, 2.45) is 5.10 Å². The minimum atomic E-state index is -0.455. The largest absolute Gasteiger partial charge is 0.507 e. The highest BCUT2D eigenvalue weighted by Crippen LogP contribution is 2.19. The van der Waals surface area contributed by atoms with Crippen molar-refractivity contribution in [3.8, 4) is 16.9 Å². The van der Waals surface area contributed by atoms with E-state index >= 15 is 0 Å². The number of carbonyl (C=O) groups excluding carboxylic acids is 1. The standard InChI is InChI=1S/C20H16N2O2/c23-19-12-5-4-11-18(19)20(24)22-21-14-15-7-6-10-17(13-15)16-8-2-1-3-9-16/h1-14,23H,(H,22,24)/b21-14-. The quantitative estimate of drug-likeness (QED) is 0.568. The van der Waals surface area contributed by atoms with E-state index in [1.165, 1.54) is 12.1 Å². The van der Waals surface area contributed by atoms with Gasteiger partial charge in [0.05, 0.1) is 11.8 Å². The van der Waals surface area contributed by atoms with E-state index in [-0.39, 0.29) is 11.3 Å². The molecule has 0 spiro atoms. The van der Waals surface area contributed by atoms with Gasteiger partial charge in [0.2, 0.25) is 0 Å². The average molecular weight is 316 g/mol. The van der Waals surface area contributed by atoms with Crippen LogP contribution in [0.25, 0.3) is 11.1 Å². The number of carbonyl (C=O) groups is 1. The monoisotopic (exact) mass is 316 g/mol. The molecule has 3 rings (SSSR count). The second-order valence-electron chi connectivity index (χ2n) is 5.21. The van der Waals surface area contributed by atoms with Crippen LogP contribution in [0.4, 0.5) is 0 Å². The number of para-hydroxylation sites is 1. The van der Waals surface area contributed by atoms with Crippen molar-refractivity contribution >= 4 is 12.1 Å². The Morgan fingerprint density at radius 3 is 2.38 bits per heavy atom. The van der Waals surface area contributed by atoms with Crippen molar-refractivity contribution in [3.05, 3.63) is 90.0 Å². The first kappa shape index (κ1) is 15.5. The van der Waals surface area contributed by atoms with Crippen molar-refractivity contribution in [1.82, 2.24) is 5.43 Å². The topological polar surface area (TPSA) is 61.7 Å². The smallest absolute Gasteiger partial charge is 0.275 e. The summed E-state index contributed by atoms with van der Waals surface area (Å²) in [6, 6.07) is 24.2. The molecule has 4 nitrogen and oxygen atoms in total. The number of hydrogen-bond donors (Lipinski definition) is 2. The van der Waals surface area contributed by atoms with Gasteiger partial charge in [-0.3, -0.25) is 4.79 Å². The van der Waals surface area contributed by atoms with Crippen molar-refractivity contribution in [1.29, 1.82) is 0 Å². The first-order chi connectivity index (χ1) is 11.7. The molecule has 0 fully saturated rings. The minimum Gasteiger partial charge on any atom is -0.507 e. The third kappa shape index (κ3) is 3.67. The number of phenols is 1. The van der Waals surface area contributed by atoms with Gasteiger partial charge in [-0.05, 0) is 34.9 Å². The van der Waals surface area contributed by atoms with Gasteiger partial charge in [-0.2, -0.15) is 5.10 Å². The van der Waals surface area contributed by atoms with E-state index in [0.717, 1.165) is 16.7 Å². The van der Waals surface area contributed by atoms with E-state index in [1.807, 2.05) is 54.6 Å². The molecule has 0 aromatic heterocycles. The molecule has 0 atom stereocenters. The molecule has 2 N–H and O–H groups in total. The lowest BCUT2D eigenvalue weighted by molar-refractivity contribution is 0.0952. The van der Waals surface area contributed by atoms with Gasteiger partial charge in [-0.15, -0.1) is 0 Å². The Hall–Kier alpha value is -3.40. The van der Waals surface area contributed by atoms with Gasteiger partial charge < -0.3 is 5.11 Å². The predicted octanol–water partition coefficient (Wildman–Crippen LogP) is 3.82. The number of amides is 1. The van der Waals surface area contributed by atoms with E-state index in [1.54, 1.807) is 18.3 Å². The molecule has 1 amide bonds. The maximum atomic E-state index is 12.0. The van der Waals surface area contributed by atoms with Crippen LogP contribution >= 0.6 is 0 Å². The Bertz CT molecular complexity index is 874. The second kappa shape index (κ2) is 7.24. The number of hydrazone groups is 1. The molecule has 3 aromatic rings. The normalized spacial score (nSPS) is 10.7. The summed E-state index contributed by atoms with van der Waals surface area (Å²) in [6.45, 7) is 0. The molecule has 0 bridgehead atoms. The van der Waals surface area contributed by atoms with Crippen LogP contribution in [0, 0.1) is 0 Å². The fourth-order valence-corrected chi connectivity index (χ4v) is 2.32. The van der Waals surface area contributed by atoms with Gasteiger partial charge in [0, 0.05) is 0 Å². The van der Waals surface area contributed by atoms with Crippen LogP contribution in [0.15, 0.2) is 84.0 Å². The van der Waals surface area contributed by atoms with Crippen molar-refractivity contribution in [2.75, 3.05) is 0 Å². The number of nitrogens with one attached hydrogen (secondary N) is 1. The Labute approximate surface area is 140 Å². The van der Waals surface area contributed by atoms with Crippen LogP contribution in [0.2, 0.25) is 0 Å². The van der Waals surface area contributed by atoms with E-state index in [2.05, 4.69) is 10.5 Å². The van der Waals surface area contributed by atoms with Crippen LogP contribution < -0.4 is 5.43 Å². The molecular weight excluding hydrogens is 300 g/mol. The fourth-order valence-electron chi connectivity index (χ4n) is 2.32. The number of phenolic OH excluding ortho intramolecular Hbond substituents is 1. The lowest BCUT2D eigenvalue weighted by Gasteiger charge is -2.03. The summed E-state index contributed by atoms with van der Waals surface area (Å²) in [5, 5.41) is 13.6. The maximum Gasteiger partial charge on any atom is 0.275 e. The Balaban J connectivity index is 1.71. The Morgan fingerprint density at radius 1 is 0.875 bits per heavy atom. The number of nitrogens with zero attached hydrogens (tertiary/aromatic N) is 1. The summed E-state index contributed by atoms with van der Waals surface area (Å²) >= 11 is 0. The average Bonchev–Trinajstić information content (AvgIpc) is 2.63. The van der Waals surface area contributed by atoms with E-state index < -0.39 is 5.91 Å². The zero-order chi connectivity index (χ0) is 16.8. The zero-order valence-electron chi connectivity index (χ0n) is 12.9. The zero-order valence-corrected chi connectivity index (χ0v) is 12.9. The van der Waals surface area contributed by atoms with Crippen molar-refractivity contribution in [3.63, 3.8) is 0 Å². The van der Waals surface area contributed by atoms with Crippen LogP contribution in [-0.4, -0.2) is 17.2 Å². The number of benzene rings is 3. The van der Waals surface area contributed by atoms with Gasteiger partial charge in [-0.25, -0.2) is 5.43 Å². The molecule has 0 saturated carbocycles. The highest BCUT2D eigenvalue weighted by Gasteiger charge is 2.08. The predicted molar refractivity (Wildman–Crippen MR) is 95.0 cm³/mol. The first-order valence-corrected chi connectivity index (χ1v) is 7.51. The molecule has 24 heavy (non-hydrogen) atoms. The fraction of sp³-hybridized carbons (Fsp3) is 0. The van der Waals surface area contributed by atoms with Crippen LogP contribution in [0.1, 0.15) is 15.9 Å². The highest BCUT2D eigenvalue weighted by atomic mass is 16.3. The Kier molecular flexibility index (Phi) is 4.68. The number of hydrogen-bond acceptors (Lipinski definition) is 3. The van der Waals surface area contributed by atoms with E-state index in [0.29, 0.717) is 0 Å². The lowest BCUT2D eigenvalue weighted by atomic mass is 10.0. The minimum absolute atomic E-state index is 0.0729. The molecule has 0 unspecified atom stereocenters. The third-order valence-corrected chi connectivity index (χ3v) is 3.52. The summed E-state index contributed by atoms with van der Waals surface area (Å²) in [4.78, 5) is 12.0. The Morgan fingerprint density at radius 2 is 1.58 bits per heavy atom. The van der Waals surface area contributed by atoms with Crippen molar-refractivity contribution < 1.29 is 9.90 Å². The molecule has 0 heterocycles. The molecule has 3 aromatic carbocycles. The van der Waals surface area contributed by atoms with Crippen molar-refractivity contribution in [2.45, 2.75) is 0 Å². The highest BCUT2D eigenvalue weighted by molar-refractivity contribution is 5.97. The third-order valence-electron chi connectivity index (χ3n) is 3.52. The molecule has 0 saturated heterocycles. The SMILES string of the molecule is O=C(N/N=C\c1cccc(-c2ccccc2)c1)c1ccccc1O. The first-order valence-electron chi connectivity index (χ1n) is 7.51. The van der Waals surface area contributed by atoms with Gasteiger partial charge in [0.15, 0.2) is 0 Å². The summed E-state index contributed by atoms with van der Waals surface area (Å²) in [7, 11) is 0. The molecule has 118 valence electrons. The van der Waals surface area contributed by atoms with Gasteiger partial charge in [-0.1, -0.05) is 60.7 Å². The molecule has 0 aliphatic carbocycles. The van der Waals surface area contributed by atoms with Crippen LogP contribution in [0.5, 0.6) is 5.75 Å². The summed E-state index contributed by atoms with van der Waals surface area (Å²) < 4.78 is 0. The lowest BCUT2D eigenvalue weighted by Crippen LogP contribution is -2.17. The van der Waals surface area contributed by atoms with Gasteiger partial charge >= 0.3 is 0 Å². The van der Waals surface area contributed by atoms with Crippen LogP contribution in [-0.2, 0) is 0 Å². The van der Waals surface area contributed by atoms with Gasteiger partial charge in [0.1, 0.15) is 5.75 Å². The molecule has 0 aliphatic rings. The van der Waals surface area contributed by atoms with E-state index in [4.69, 9.17) is 0 Å². The molecule has 4 heteroatoms. The van der Waals surface area contributed by atoms with E-state index in [9.17, 15) is 9.90 Å². The van der Waals surface area contributed by atoms with Crippen LogP contribution in [0.3, 0.4) is 0 Å². The summed E-state index contributed by atoms with van der Waals surface area (Å²) in [5.74, 6) is -0.528. The summed E-state index contributed by atoms with van der Waals surface area (Å²) in [5.41, 5.74) is 5.67. The second-order valence-corrected chi connectivity index (χ2v) is 5.21. The summed E-state index contributed by atoms with van der Waals surface area (Å²) in [6.07, 6.45) is 1.57. The molecule has 0 aliphatic heterocycles. The maximum absolute atomic E-state index is 12.0. The number of rotatable bonds is 4. The van der Waals surface area contributed by atoms with Gasteiger partial charge in [0.25, 0.3) is 5.91 Å². The number of aromatic hydroxyl groups is 1. The molecule has 0 radical (unpaired) electrons. The molecular formula is C20H16N2O2.